The Hall–Kier alpha value is -2.26. The van der Waals surface area contributed by atoms with E-state index in [0.717, 1.165) is 19.5 Å². The Morgan fingerprint density at radius 1 is 1.27 bits per heavy atom. The van der Waals surface area contributed by atoms with Gasteiger partial charge in [0.2, 0.25) is 0 Å². The highest BCUT2D eigenvalue weighted by Crippen LogP contribution is 2.41. The molecule has 0 saturated carbocycles. The number of nitrogens with zero attached hydrogens (tertiary/aromatic N) is 1. The number of hydrogen-bond donors (Lipinski definition) is 2. The van der Waals surface area contributed by atoms with Gasteiger partial charge in [-0.1, -0.05) is 43.3 Å². The van der Waals surface area contributed by atoms with Crippen LogP contribution in [0.2, 0.25) is 0 Å². The smallest absolute Gasteiger partial charge is 0.0577 e. The van der Waals surface area contributed by atoms with E-state index in [-0.39, 0.29) is 0 Å². The van der Waals surface area contributed by atoms with Gasteiger partial charge in [0, 0.05) is 36.6 Å². The number of H-pyrrole nitrogens is 1. The number of allylic oxidation sites excluding steroid dienone is 1. The minimum atomic E-state index is 0.347. The van der Waals surface area contributed by atoms with E-state index < -0.39 is 0 Å². The summed E-state index contributed by atoms with van der Waals surface area (Å²) in [4.78, 5) is 6.00. The lowest BCUT2D eigenvalue weighted by molar-refractivity contribution is 0.442. The van der Waals surface area contributed by atoms with Gasteiger partial charge in [0.1, 0.15) is 0 Å². The first-order valence-electron chi connectivity index (χ1n) is 9.78. The van der Waals surface area contributed by atoms with Crippen LogP contribution in [0.25, 0.3) is 11.6 Å². The normalized spacial score (nSPS) is 19.7. The van der Waals surface area contributed by atoms with Gasteiger partial charge in [-0.25, -0.2) is 0 Å². The molecule has 0 amide bonds. The Balaban J connectivity index is 1.58. The van der Waals surface area contributed by atoms with E-state index in [0.29, 0.717) is 12.0 Å². The highest BCUT2D eigenvalue weighted by molar-refractivity contribution is 5.76. The van der Waals surface area contributed by atoms with Crippen molar-refractivity contribution in [2.75, 3.05) is 13.6 Å². The minimum absolute atomic E-state index is 0.347. The number of aromatic amines is 1. The van der Waals surface area contributed by atoms with Crippen molar-refractivity contribution in [1.29, 1.82) is 0 Å². The molecule has 2 N–H and O–H groups in total. The Kier molecular flexibility index (Phi) is 4.73. The molecule has 3 heteroatoms. The van der Waals surface area contributed by atoms with Crippen LogP contribution >= 0.6 is 0 Å². The molecular formula is C23H29N3. The molecule has 26 heavy (non-hydrogen) atoms. The van der Waals surface area contributed by atoms with Gasteiger partial charge in [-0.3, -0.25) is 0 Å². The second-order valence-corrected chi connectivity index (χ2v) is 7.62. The molecule has 1 aliphatic carbocycles. The summed E-state index contributed by atoms with van der Waals surface area (Å²) in [5, 5.41) is 3.71. The molecule has 0 fully saturated rings. The SMILES string of the molecule is CC[C@@H]1CC=C(CNC(C)c2ccccc2)c2[nH]c3c(c21)C=CN(C)C3. The molecule has 1 aromatic heterocycles. The lowest BCUT2D eigenvalue weighted by Gasteiger charge is -2.25. The lowest BCUT2D eigenvalue weighted by atomic mass is 9.82. The summed E-state index contributed by atoms with van der Waals surface area (Å²) < 4.78 is 0. The predicted octanol–water partition coefficient (Wildman–Crippen LogP) is 5.06. The maximum Gasteiger partial charge on any atom is 0.0577 e. The molecular weight excluding hydrogens is 318 g/mol. The van der Waals surface area contributed by atoms with Crippen molar-refractivity contribution in [3.63, 3.8) is 0 Å². The Morgan fingerprint density at radius 3 is 2.85 bits per heavy atom. The lowest BCUT2D eigenvalue weighted by Crippen LogP contribution is -2.22. The van der Waals surface area contributed by atoms with Gasteiger partial charge >= 0.3 is 0 Å². The monoisotopic (exact) mass is 347 g/mol. The first-order valence-corrected chi connectivity index (χ1v) is 9.78. The van der Waals surface area contributed by atoms with Crippen LogP contribution in [0.15, 0.2) is 42.6 Å². The molecule has 4 rings (SSSR count). The molecule has 0 saturated heterocycles. The summed E-state index contributed by atoms with van der Waals surface area (Å²) in [7, 11) is 2.14. The van der Waals surface area contributed by atoms with Crippen LogP contribution in [0.4, 0.5) is 0 Å². The molecule has 0 bridgehead atoms. The van der Waals surface area contributed by atoms with Crippen LogP contribution in [-0.4, -0.2) is 23.5 Å². The zero-order valence-corrected chi connectivity index (χ0v) is 16.0. The van der Waals surface area contributed by atoms with E-state index >= 15 is 0 Å². The summed E-state index contributed by atoms with van der Waals surface area (Å²) in [6, 6.07) is 11.0. The number of fused-ring (bicyclic) bond motifs is 3. The number of rotatable bonds is 5. The van der Waals surface area contributed by atoms with Crippen LogP contribution in [0.1, 0.15) is 66.7 Å². The van der Waals surface area contributed by atoms with Gasteiger partial charge in [-0.05, 0) is 54.7 Å². The number of aromatic nitrogens is 1. The molecule has 2 aromatic rings. The minimum Gasteiger partial charge on any atom is -0.375 e. The van der Waals surface area contributed by atoms with Crippen molar-refractivity contribution in [2.24, 2.45) is 0 Å². The van der Waals surface area contributed by atoms with Gasteiger partial charge in [-0.2, -0.15) is 0 Å². The predicted molar refractivity (Wildman–Crippen MR) is 110 cm³/mol. The molecule has 1 aromatic carbocycles. The first-order chi connectivity index (χ1) is 12.7. The zero-order valence-electron chi connectivity index (χ0n) is 16.0. The maximum absolute atomic E-state index is 3.76. The second kappa shape index (κ2) is 7.16. The van der Waals surface area contributed by atoms with Gasteiger partial charge in [-0.15, -0.1) is 0 Å². The summed E-state index contributed by atoms with van der Waals surface area (Å²) in [5.41, 5.74) is 8.46. The van der Waals surface area contributed by atoms with E-state index in [1.807, 2.05) is 0 Å². The standard InChI is InChI=1S/C23H29N3/c1-4-17-10-11-19(14-24-16(2)18-8-6-5-7-9-18)23-22(17)20-12-13-26(3)15-21(20)25-23/h5-9,11-13,16-17,24-25H,4,10,14-15H2,1-3H3/t16?,17-/m1/s1. The highest BCUT2D eigenvalue weighted by Gasteiger charge is 2.28. The van der Waals surface area contributed by atoms with E-state index in [1.54, 1.807) is 5.56 Å². The average Bonchev–Trinajstić information content (AvgIpc) is 3.05. The van der Waals surface area contributed by atoms with Gasteiger partial charge in [0.25, 0.3) is 0 Å². The molecule has 2 atom stereocenters. The third-order valence-corrected chi connectivity index (χ3v) is 5.83. The second-order valence-electron chi connectivity index (χ2n) is 7.62. The van der Waals surface area contributed by atoms with E-state index in [9.17, 15) is 0 Å². The van der Waals surface area contributed by atoms with Crippen LogP contribution < -0.4 is 5.32 Å². The molecule has 0 radical (unpaired) electrons. The number of hydrogen-bond acceptors (Lipinski definition) is 2. The first kappa shape index (κ1) is 17.2. The largest absolute Gasteiger partial charge is 0.375 e. The highest BCUT2D eigenvalue weighted by atomic mass is 15.1. The van der Waals surface area contributed by atoms with Gasteiger partial charge in [0.15, 0.2) is 0 Å². The Morgan fingerprint density at radius 2 is 2.08 bits per heavy atom. The number of nitrogens with one attached hydrogen (secondary N) is 2. The third kappa shape index (κ3) is 3.12. The summed E-state index contributed by atoms with van der Waals surface area (Å²) >= 11 is 0. The van der Waals surface area contributed by atoms with Crippen LogP contribution in [0.5, 0.6) is 0 Å². The van der Waals surface area contributed by atoms with E-state index in [4.69, 9.17) is 0 Å². The van der Waals surface area contributed by atoms with Crippen molar-refractivity contribution in [2.45, 2.75) is 45.2 Å². The maximum atomic E-state index is 3.76. The van der Waals surface area contributed by atoms with Crippen LogP contribution in [0, 0.1) is 0 Å². The molecule has 2 heterocycles. The van der Waals surface area contributed by atoms with Crippen molar-refractivity contribution in [1.82, 2.24) is 15.2 Å². The molecule has 1 aliphatic heterocycles. The van der Waals surface area contributed by atoms with Crippen LogP contribution in [0.3, 0.4) is 0 Å². The fourth-order valence-electron chi connectivity index (χ4n) is 4.24. The Bertz CT molecular complexity index is 829. The van der Waals surface area contributed by atoms with Crippen molar-refractivity contribution in [3.8, 4) is 0 Å². The van der Waals surface area contributed by atoms with Gasteiger partial charge < -0.3 is 15.2 Å². The molecule has 3 nitrogen and oxygen atoms in total. The van der Waals surface area contributed by atoms with Crippen LogP contribution in [-0.2, 0) is 6.54 Å². The van der Waals surface area contributed by atoms with Gasteiger partial charge in [0.05, 0.1) is 6.54 Å². The number of benzene rings is 1. The van der Waals surface area contributed by atoms with Crippen molar-refractivity contribution < 1.29 is 0 Å². The third-order valence-electron chi connectivity index (χ3n) is 5.83. The summed E-state index contributed by atoms with van der Waals surface area (Å²) in [5.74, 6) is 0.633. The molecule has 1 unspecified atom stereocenters. The topological polar surface area (TPSA) is 31.1 Å². The summed E-state index contributed by atoms with van der Waals surface area (Å²) in [6.07, 6.45) is 9.28. The fraction of sp³-hybridized carbons (Fsp3) is 0.391. The fourth-order valence-corrected chi connectivity index (χ4v) is 4.24. The Labute approximate surface area is 156 Å². The van der Waals surface area contributed by atoms with E-state index in [2.05, 4.69) is 84.8 Å². The molecule has 0 spiro atoms. The quantitative estimate of drug-likeness (QED) is 0.792. The molecule has 2 aliphatic rings. The summed E-state index contributed by atoms with van der Waals surface area (Å²) in [6.45, 7) is 6.42. The van der Waals surface area contributed by atoms with Crippen molar-refractivity contribution in [3.05, 3.63) is 70.7 Å². The average molecular weight is 348 g/mol. The zero-order chi connectivity index (χ0) is 18.1. The molecule has 136 valence electrons. The van der Waals surface area contributed by atoms with Crippen molar-refractivity contribution >= 4 is 11.6 Å². The van der Waals surface area contributed by atoms with E-state index in [1.165, 1.54) is 34.5 Å².